The van der Waals surface area contributed by atoms with Gasteiger partial charge in [-0.3, -0.25) is 0 Å². The normalized spacial score (nSPS) is 9.95. The number of carbonyl (C=O) groups is 1. The van der Waals surface area contributed by atoms with Crippen molar-refractivity contribution in [3.63, 3.8) is 0 Å². The van der Waals surface area contributed by atoms with Crippen LogP contribution in [0.4, 0.5) is 0 Å². The molecular weight excluding hydrogens is 260 g/mol. The third-order valence-corrected chi connectivity index (χ3v) is 3.52. The number of aromatic carboxylic acids is 1. The molecular formula is C19H26O2. The first-order chi connectivity index (χ1) is 10.2. The molecule has 1 aromatic carbocycles. The van der Waals surface area contributed by atoms with Gasteiger partial charge in [0.1, 0.15) is 0 Å². The van der Waals surface area contributed by atoms with E-state index in [0.29, 0.717) is 5.56 Å². The zero-order chi connectivity index (χ0) is 15.3. The predicted molar refractivity (Wildman–Crippen MR) is 87.5 cm³/mol. The molecule has 0 heterocycles. The molecule has 0 fully saturated rings. The van der Waals surface area contributed by atoms with Gasteiger partial charge < -0.3 is 5.11 Å². The van der Waals surface area contributed by atoms with E-state index in [1.54, 1.807) is 24.3 Å². The number of benzene rings is 1. The van der Waals surface area contributed by atoms with E-state index in [1.165, 1.54) is 44.9 Å². The molecule has 0 spiro atoms. The molecule has 0 amide bonds. The number of carboxylic acids is 1. The second-order valence-corrected chi connectivity index (χ2v) is 5.41. The van der Waals surface area contributed by atoms with Gasteiger partial charge in [0.05, 0.1) is 5.56 Å². The molecule has 0 atom stereocenters. The average Bonchev–Trinajstić information content (AvgIpc) is 2.49. The lowest BCUT2D eigenvalue weighted by atomic mass is 10.1. The van der Waals surface area contributed by atoms with Crippen LogP contribution in [0.25, 0.3) is 0 Å². The molecule has 2 heteroatoms. The summed E-state index contributed by atoms with van der Waals surface area (Å²) in [5.74, 6) is 5.36. The molecule has 114 valence electrons. The second kappa shape index (κ2) is 11.0. The molecule has 1 N–H and O–H groups in total. The van der Waals surface area contributed by atoms with Crippen molar-refractivity contribution in [3.05, 3.63) is 35.4 Å². The third-order valence-electron chi connectivity index (χ3n) is 3.52. The Morgan fingerprint density at radius 3 is 2.10 bits per heavy atom. The van der Waals surface area contributed by atoms with E-state index in [-0.39, 0.29) is 0 Å². The summed E-state index contributed by atoms with van der Waals surface area (Å²) in [5, 5.41) is 8.80. The Labute approximate surface area is 128 Å². The molecule has 2 nitrogen and oxygen atoms in total. The van der Waals surface area contributed by atoms with Gasteiger partial charge in [0.15, 0.2) is 0 Å². The number of carboxylic acid groups (broad SMARTS) is 1. The van der Waals surface area contributed by atoms with Crippen molar-refractivity contribution < 1.29 is 9.90 Å². The molecule has 1 aromatic rings. The second-order valence-electron chi connectivity index (χ2n) is 5.41. The molecule has 21 heavy (non-hydrogen) atoms. The highest BCUT2D eigenvalue weighted by Gasteiger charge is 1.99. The van der Waals surface area contributed by atoms with E-state index in [0.717, 1.165) is 18.4 Å². The van der Waals surface area contributed by atoms with Gasteiger partial charge in [-0.1, -0.05) is 63.7 Å². The van der Waals surface area contributed by atoms with Crippen molar-refractivity contribution in [2.24, 2.45) is 0 Å². The molecule has 0 saturated heterocycles. The number of unbranched alkanes of at least 4 members (excludes halogenated alkanes) is 8. The van der Waals surface area contributed by atoms with Crippen LogP contribution in [-0.2, 0) is 0 Å². The van der Waals surface area contributed by atoms with Crippen LogP contribution in [0.1, 0.15) is 80.6 Å². The number of hydrogen-bond acceptors (Lipinski definition) is 1. The minimum Gasteiger partial charge on any atom is -0.478 e. The zero-order valence-corrected chi connectivity index (χ0v) is 13.0. The molecule has 0 radical (unpaired) electrons. The van der Waals surface area contributed by atoms with Crippen LogP contribution in [0.2, 0.25) is 0 Å². The first-order valence-corrected chi connectivity index (χ1v) is 8.06. The van der Waals surface area contributed by atoms with Gasteiger partial charge >= 0.3 is 5.97 Å². The maximum Gasteiger partial charge on any atom is 0.335 e. The minimum absolute atomic E-state index is 0.309. The molecule has 0 bridgehead atoms. The van der Waals surface area contributed by atoms with E-state index < -0.39 is 5.97 Å². The summed E-state index contributed by atoms with van der Waals surface area (Å²) < 4.78 is 0. The van der Waals surface area contributed by atoms with Gasteiger partial charge in [0.25, 0.3) is 0 Å². The van der Waals surface area contributed by atoms with E-state index in [2.05, 4.69) is 18.8 Å². The SMILES string of the molecule is CCCCCCCCCCC#Cc1ccc(C(=O)O)cc1. The summed E-state index contributed by atoms with van der Waals surface area (Å²) in [7, 11) is 0. The molecule has 0 saturated carbocycles. The van der Waals surface area contributed by atoms with Crippen LogP contribution in [0.15, 0.2) is 24.3 Å². The summed E-state index contributed by atoms with van der Waals surface area (Å²) >= 11 is 0. The van der Waals surface area contributed by atoms with Crippen molar-refractivity contribution in [2.75, 3.05) is 0 Å². The lowest BCUT2D eigenvalue weighted by molar-refractivity contribution is 0.0697. The predicted octanol–water partition coefficient (Wildman–Crippen LogP) is 5.27. The highest BCUT2D eigenvalue weighted by atomic mass is 16.4. The maximum absolute atomic E-state index is 10.7. The first kappa shape index (κ1) is 17.3. The monoisotopic (exact) mass is 286 g/mol. The number of hydrogen-bond donors (Lipinski definition) is 1. The van der Waals surface area contributed by atoms with Crippen LogP contribution in [0.3, 0.4) is 0 Å². The zero-order valence-electron chi connectivity index (χ0n) is 13.0. The van der Waals surface area contributed by atoms with Gasteiger partial charge in [-0.05, 0) is 30.7 Å². The third kappa shape index (κ3) is 8.19. The first-order valence-electron chi connectivity index (χ1n) is 8.06. The minimum atomic E-state index is -0.895. The summed E-state index contributed by atoms with van der Waals surface area (Å²) in [6.07, 6.45) is 11.4. The van der Waals surface area contributed by atoms with Gasteiger partial charge in [-0.2, -0.15) is 0 Å². The van der Waals surface area contributed by atoms with E-state index in [9.17, 15) is 4.79 Å². The molecule has 0 aliphatic rings. The molecule has 0 aromatic heterocycles. The average molecular weight is 286 g/mol. The van der Waals surface area contributed by atoms with E-state index in [4.69, 9.17) is 5.11 Å². The van der Waals surface area contributed by atoms with E-state index >= 15 is 0 Å². The lowest BCUT2D eigenvalue weighted by Gasteiger charge is -1.99. The van der Waals surface area contributed by atoms with Gasteiger partial charge in [0.2, 0.25) is 0 Å². The Balaban J connectivity index is 2.11. The Bertz CT molecular complexity index is 463. The lowest BCUT2D eigenvalue weighted by Crippen LogP contribution is -1.94. The Morgan fingerprint density at radius 2 is 1.52 bits per heavy atom. The largest absolute Gasteiger partial charge is 0.478 e. The van der Waals surface area contributed by atoms with Crippen LogP contribution in [0.5, 0.6) is 0 Å². The maximum atomic E-state index is 10.7. The van der Waals surface area contributed by atoms with Crippen LogP contribution >= 0.6 is 0 Å². The van der Waals surface area contributed by atoms with Gasteiger partial charge in [0, 0.05) is 12.0 Å². The van der Waals surface area contributed by atoms with Crippen molar-refractivity contribution >= 4 is 5.97 Å². The molecule has 0 unspecified atom stereocenters. The fourth-order valence-corrected chi connectivity index (χ4v) is 2.21. The van der Waals surface area contributed by atoms with E-state index in [1.807, 2.05) is 0 Å². The van der Waals surface area contributed by atoms with Crippen molar-refractivity contribution in [1.29, 1.82) is 0 Å². The van der Waals surface area contributed by atoms with Crippen LogP contribution < -0.4 is 0 Å². The van der Waals surface area contributed by atoms with Gasteiger partial charge in [-0.25, -0.2) is 4.79 Å². The quantitative estimate of drug-likeness (QED) is 0.496. The highest BCUT2D eigenvalue weighted by molar-refractivity contribution is 5.87. The van der Waals surface area contributed by atoms with Crippen molar-refractivity contribution in [3.8, 4) is 11.8 Å². The molecule has 0 aliphatic heterocycles. The van der Waals surface area contributed by atoms with Crippen molar-refractivity contribution in [1.82, 2.24) is 0 Å². The molecule has 0 aliphatic carbocycles. The number of rotatable bonds is 9. The van der Waals surface area contributed by atoms with Crippen LogP contribution in [-0.4, -0.2) is 11.1 Å². The Kier molecular flexibility index (Phi) is 9.04. The standard InChI is InChI=1S/C19H26O2/c1-2-3-4-5-6-7-8-9-10-11-12-17-13-15-18(16-14-17)19(20)21/h13-16H,2-10H2,1H3,(H,20,21). The Morgan fingerprint density at radius 1 is 0.952 bits per heavy atom. The summed E-state index contributed by atoms with van der Waals surface area (Å²) in [5.41, 5.74) is 1.20. The Hall–Kier alpha value is -1.75. The van der Waals surface area contributed by atoms with Crippen molar-refractivity contribution in [2.45, 2.75) is 64.7 Å². The smallest absolute Gasteiger partial charge is 0.335 e. The topological polar surface area (TPSA) is 37.3 Å². The summed E-state index contributed by atoms with van der Waals surface area (Å²) in [6.45, 7) is 2.24. The summed E-state index contributed by atoms with van der Waals surface area (Å²) in [4.78, 5) is 10.7. The van der Waals surface area contributed by atoms with Crippen LogP contribution in [0, 0.1) is 11.8 Å². The molecule has 1 rings (SSSR count). The van der Waals surface area contributed by atoms with Gasteiger partial charge in [-0.15, -0.1) is 0 Å². The summed E-state index contributed by atoms with van der Waals surface area (Å²) in [6, 6.07) is 6.74. The fraction of sp³-hybridized carbons (Fsp3) is 0.526. The highest BCUT2D eigenvalue weighted by Crippen LogP contribution is 2.09. The fourth-order valence-electron chi connectivity index (χ4n) is 2.21.